The molecule has 2 aromatic heterocycles. The number of carbonyl (C=O) groups is 1. The van der Waals surface area contributed by atoms with E-state index in [0.717, 1.165) is 30.2 Å². The normalized spacial score (nSPS) is 19.2. The third-order valence-corrected chi connectivity index (χ3v) is 9.20. The van der Waals surface area contributed by atoms with Gasteiger partial charge in [-0.2, -0.15) is 0 Å². The summed E-state index contributed by atoms with van der Waals surface area (Å²) in [6, 6.07) is 12.5. The number of benzene rings is 3. The van der Waals surface area contributed by atoms with E-state index in [4.69, 9.17) is 26.3 Å². The molecular weight excluding hydrogens is 569 g/mol. The molecule has 43 heavy (non-hydrogen) atoms. The summed E-state index contributed by atoms with van der Waals surface area (Å²) in [6.45, 7) is 6.09. The Kier molecular flexibility index (Phi) is 6.94. The number of likely N-dealkylation sites (tertiary alicyclic amines) is 2. The second-order valence-electron chi connectivity index (χ2n) is 11.4. The highest BCUT2D eigenvalue weighted by Crippen LogP contribution is 2.43. The number of phenolic OH excluding ortho intramolecular Hbond substituents is 1. The van der Waals surface area contributed by atoms with Gasteiger partial charge in [0, 0.05) is 30.1 Å². The number of imidazole rings is 1. The summed E-state index contributed by atoms with van der Waals surface area (Å²) in [5, 5.41) is 12.7. The molecule has 7 rings (SSSR count). The molecule has 0 radical (unpaired) electrons. The lowest BCUT2D eigenvalue weighted by Gasteiger charge is -2.20. The van der Waals surface area contributed by atoms with Crippen molar-refractivity contribution in [3.63, 3.8) is 0 Å². The number of fused-ring (bicyclic) bond motifs is 4. The second-order valence-corrected chi connectivity index (χ2v) is 11.8. The predicted molar refractivity (Wildman–Crippen MR) is 166 cm³/mol. The number of nitrogens with zero attached hydrogens (tertiary/aromatic N) is 5. The van der Waals surface area contributed by atoms with E-state index in [-0.39, 0.29) is 45.7 Å². The number of rotatable bonds is 6. The van der Waals surface area contributed by atoms with Gasteiger partial charge in [0.05, 0.1) is 22.9 Å². The van der Waals surface area contributed by atoms with Crippen LogP contribution in [0.25, 0.3) is 43.8 Å². The Hall–Kier alpha value is -4.21. The molecule has 2 fully saturated rings. The highest BCUT2D eigenvalue weighted by atomic mass is 35.5. The van der Waals surface area contributed by atoms with Crippen molar-refractivity contribution in [3.05, 3.63) is 72.3 Å². The Morgan fingerprint density at radius 1 is 1.19 bits per heavy atom. The minimum Gasteiger partial charge on any atom is -0.508 e. The van der Waals surface area contributed by atoms with Gasteiger partial charge >= 0.3 is 0 Å². The summed E-state index contributed by atoms with van der Waals surface area (Å²) < 4.78 is 25.1. The molecular formula is C33H31ClFN5O3. The van der Waals surface area contributed by atoms with E-state index >= 15 is 4.39 Å². The van der Waals surface area contributed by atoms with E-state index in [1.54, 1.807) is 23.4 Å². The number of ether oxygens (including phenoxy) is 1. The number of amides is 1. The highest BCUT2D eigenvalue weighted by molar-refractivity contribution is 6.35. The fourth-order valence-electron chi connectivity index (χ4n) is 6.63. The Bertz CT molecular complexity index is 1920. The first kappa shape index (κ1) is 27.6. The van der Waals surface area contributed by atoms with Crippen LogP contribution in [-0.2, 0) is 4.79 Å². The number of pyridine rings is 1. The molecule has 1 amide bonds. The van der Waals surface area contributed by atoms with Crippen LogP contribution in [0.1, 0.15) is 25.3 Å². The smallest absolute Gasteiger partial charge is 0.246 e. The summed E-state index contributed by atoms with van der Waals surface area (Å²) >= 11 is 6.88. The first-order valence-corrected chi connectivity index (χ1v) is 14.9. The molecule has 0 aliphatic carbocycles. The summed E-state index contributed by atoms with van der Waals surface area (Å²) in [7, 11) is 2.07. The SMILES string of the molecule is C=CC(=O)N1CCC(n2cnc3c(OC[C@@H]4CCCN4C)nc4c(F)c(-c5cc(O)cc6ccccc56)c(Cl)cc4c32)C1. The Morgan fingerprint density at radius 3 is 2.81 bits per heavy atom. The summed E-state index contributed by atoms with van der Waals surface area (Å²) in [4.78, 5) is 25.8. The van der Waals surface area contributed by atoms with E-state index in [0.29, 0.717) is 48.1 Å². The minimum atomic E-state index is -0.606. The van der Waals surface area contributed by atoms with Crippen molar-refractivity contribution >= 4 is 50.2 Å². The van der Waals surface area contributed by atoms with Crippen molar-refractivity contribution in [1.82, 2.24) is 24.3 Å². The molecule has 4 heterocycles. The maximum absolute atomic E-state index is 16.8. The van der Waals surface area contributed by atoms with Gasteiger partial charge in [-0.05, 0) is 73.5 Å². The van der Waals surface area contributed by atoms with Crippen LogP contribution in [0.15, 0.2) is 61.4 Å². The lowest BCUT2D eigenvalue weighted by molar-refractivity contribution is -0.125. The van der Waals surface area contributed by atoms with Crippen LogP contribution in [0.3, 0.4) is 0 Å². The molecule has 220 valence electrons. The van der Waals surface area contributed by atoms with Crippen LogP contribution in [-0.4, -0.2) is 74.7 Å². The number of hydrogen-bond donors (Lipinski definition) is 1. The van der Waals surface area contributed by atoms with Crippen LogP contribution in [0.5, 0.6) is 11.6 Å². The summed E-state index contributed by atoms with van der Waals surface area (Å²) in [5.41, 5.74) is 1.91. The zero-order chi connectivity index (χ0) is 29.8. The Balaban J connectivity index is 1.43. The first-order valence-electron chi connectivity index (χ1n) is 14.5. The largest absolute Gasteiger partial charge is 0.508 e. The second kappa shape index (κ2) is 10.8. The van der Waals surface area contributed by atoms with Gasteiger partial charge < -0.3 is 24.2 Å². The highest BCUT2D eigenvalue weighted by Gasteiger charge is 2.30. The Morgan fingerprint density at radius 2 is 2.02 bits per heavy atom. The average Bonchev–Trinajstić information content (AvgIpc) is 3.76. The molecule has 10 heteroatoms. The molecule has 5 aromatic rings. The number of carbonyl (C=O) groups excluding carboxylic acids is 1. The molecule has 2 atom stereocenters. The molecule has 1 N–H and O–H groups in total. The fraction of sp³-hybridized carbons (Fsp3) is 0.303. The molecule has 2 aliphatic rings. The van der Waals surface area contributed by atoms with Gasteiger partial charge in [0.2, 0.25) is 11.8 Å². The van der Waals surface area contributed by atoms with Crippen LogP contribution in [0.2, 0.25) is 5.02 Å². The van der Waals surface area contributed by atoms with Crippen LogP contribution in [0.4, 0.5) is 4.39 Å². The van der Waals surface area contributed by atoms with E-state index in [2.05, 4.69) is 18.5 Å². The molecule has 2 aliphatic heterocycles. The van der Waals surface area contributed by atoms with Gasteiger partial charge in [-0.1, -0.05) is 42.4 Å². The van der Waals surface area contributed by atoms with E-state index in [1.807, 2.05) is 28.8 Å². The Labute approximate surface area is 252 Å². The standard InChI is InChI=1S/C33H31ClFN5O3/c1-3-27(42)39-12-10-20(16-39)40-18-36-31-32(40)25-15-26(34)28(24-14-22(41)13-19-7-4-5-9-23(19)24)29(35)30(25)37-33(31)43-17-21-8-6-11-38(21)2/h3-5,7,9,13-15,18,20-21,41H,1,6,8,10-12,16-17H2,2H3/t20?,21-/m0/s1. The number of aromatic nitrogens is 3. The van der Waals surface area contributed by atoms with E-state index < -0.39 is 5.82 Å². The lowest BCUT2D eigenvalue weighted by Crippen LogP contribution is -2.30. The number of aromatic hydroxyl groups is 1. The van der Waals surface area contributed by atoms with Gasteiger partial charge in [0.25, 0.3) is 0 Å². The molecule has 0 spiro atoms. The number of phenols is 1. The van der Waals surface area contributed by atoms with Crippen molar-refractivity contribution in [2.45, 2.75) is 31.3 Å². The van der Waals surface area contributed by atoms with Gasteiger partial charge in [-0.3, -0.25) is 4.79 Å². The molecule has 2 saturated heterocycles. The van der Waals surface area contributed by atoms with Crippen molar-refractivity contribution in [3.8, 4) is 22.8 Å². The molecule has 0 bridgehead atoms. The maximum Gasteiger partial charge on any atom is 0.246 e. The van der Waals surface area contributed by atoms with Crippen LogP contribution >= 0.6 is 11.6 Å². The zero-order valence-corrected chi connectivity index (χ0v) is 24.5. The predicted octanol–water partition coefficient (Wildman–Crippen LogP) is 6.34. The molecule has 1 unspecified atom stereocenters. The average molecular weight is 600 g/mol. The van der Waals surface area contributed by atoms with Crippen LogP contribution in [0, 0.1) is 5.82 Å². The molecule has 3 aromatic carbocycles. The first-order chi connectivity index (χ1) is 20.8. The van der Waals surface area contributed by atoms with Crippen LogP contribution < -0.4 is 4.74 Å². The van der Waals surface area contributed by atoms with Gasteiger partial charge in [-0.25, -0.2) is 14.4 Å². The van der Waals surface area contributed by atoms with Crippen molar-refractivity contribution in [2.24, 2.45) is 0 Å². The number of likely N-dealkylation sites (N-methyl/N-ethyl adjacent to an activating group) is 1. The third kappa shape index (κ3) is 4.67. The summed E-state index contributed by atoms with van der Waals surface area (Å²) in [6.07, 6.45) is 5.85. The minimum absolute atomic E-state index is 0.00955. The fourth-order valence-corrected chi connectivity index (χ4v) is 6.92. The number of halogens is 2. The quantitative estimate of drug-likeness (QED) is 0.230. The third-order valence-electron chi connectivity index (χ3n) is 8.90. The zero-order valence-electron chi connectivity index (χ0n) is 23.8. The molecule has 8 nitrogen and oxygen atoms in total. The van der Waals surface area contributed by atoms with Crippen molar-refractivity contribution < 1.29 is 19.0 Å². The maximum atomic E-state index is 16.8. The summed E-state index contributed by atoms with van der Waals surface area (Å²) in [5.74, 6) is -0.465. The monoisotopic (exact) mass is 599 g/mol. The van der Waals surface area contributed by atoms with E-state index in [9.17, 15) is 9.90 Å². The number of hydrogen-bond acceptors (Lipinski definition) is 6. The van der Waals surface area contributed by atoms with E-state index in [1.165, 1.54) is 12.1 Å². The van der Waals surface area contributed by atoms with Gasteiger partial charge in [-0.15, -0.1) is 0 Å². The molecule has 0 saturated carbocycles. The van der Waals surface area contributed by atoms with Gasteiger partial charge in [0.1, 0.15) is 17.9 Å². The topological polar surface area (TPSA) is 83.7 Å². The van der Waals surface area contributed by atoms with Crippen molar-refractivity contribution in [1.29, 1.82) is 0 Å². The lowest BCUT2D eigenvalue weighted by atomic mass is 9.96. The van der Waals surface area contributed by atoms with Gasteiger partial charge in [0.15, 0.2) is 11.3 Å². The van der Waals surface area contributed by atoms with Crippen molar-refractivity contribution in [2.75, 3.05) is 33.3 Å².